The summed E-state index contributed by atoms with van der Waals surface area (Å²) in [5.41, 5.74) is 15.1. The number of aliphatic hydroxyl groups is 1. The van der Waals surface area contributed by atoms with E-state index in [4.69, 9.17) is 21.2 Å². The fraction of sp³-hybridized carbons (Fsp3) is 0.242. The SMILES string of the molecule is CCOc1cc(CC)cc(C(Nc2ccc3c(N)nccc3c2)c2nc(-c3ccccc3)cn2C(CCO)C(N)=O)c1F. The lowest BCUT2D eigenvalue weighted by atomic mass is 9.99. The molecule has 2 atom stereocenters. The molecule has 0 aliphatic carbocycles. The van der Waals surface area contributed by atoms with Gasteiger partial charge in [0.1, 0.15) is 23.7 Å². The van der Waals surface area contributed by atoms with E-state index in [1.54, 1.807) is 36.0 Å². The number of pyridine rings is 1. The van der Waals surface area contributed by atoms with Crippen LogP contribution in [0.1, 0.15) is 49.3 Å². The van der Waals surface area contributed by atoms with E-state index in [2.05, 4.69) is 10.3 Å². The molecule has 0 radical (unpaired) electrons. The smallest absolute Gasteiger partial charge is 0.240 e. The number of carbonyl (C=O) groups is 1. The Morgan fingerprint density at radius 2 is 1.91 bits per heavy atom. The van der Waals surface area contributed by atoms with E-state index in [-0.39, 0.29) is 30.9 Å². The Kier molecular flexibility index (Phi) is 8.87. The fourth-order valence-corrected chi connectivity index (χ4v) is 5.25. The normalized spacial score (nSPS) is 12.7. The van der Waals surface area contributed by atoms with Crippen molar-refractivity contribution < 1.29 is 19.0 Å². The van der Waals surface area contributed by atoms with Crippen molar-refractivity contribution in [2.24, 2.45) is 5.73 Å². The van der Waals surface area contributed by atoms with Crippen LogP contribution in [0.15, 0.2) is 79.1 Å². The predicted octanol–water partition coefficient (Wildman–Crippen LogP) is 5.39. The number of imidazole rings is 1. The van der Waals surface area contributed by atoms with Crippen LogP contribution >= 0.6 is 0 Å². The lowest BCUT2D eigenvalue weighted by molar-refractivity contribution is -0.121. The molecule has 0 spiro atoms. The van der Waals surface area contributed by atoms with Gasteiger partial charge < -0.3 is 31.2 Å². The molecule has 6 N–H and O–H groups in total. The van der Waals surface area contributed by atoms with Crippen LogP contribution in [0.2, 0.25) is 0 Å². The third kappa shape index (κ3) is 6.14. The maximum absolute atomic E-state index is 16.3. The molecule has 0 saturated heterocycles. The van der Waals surface area contributed by atoms with Crippen molar-refractivity contribution in [1.82, 2.24) is 14.5 Å². The second-order valence-corrected chi connectivity index (χ2v) is 10.2. The number of aliphatic hydroxyl groups excluding tert-OH is 1. The summed E-state index contributed by atoms with van der Waals surface area (Å²) in [4.78, 5) is 21.8. The molecule has 2 aromatic heterocycles. The van der Waals surface area contributed by atoms with Gasteiger partial charge in [0, 0.05) is 47.6 Å². The summed E-state index contributed by atoms with van der Waals surface area (Å²) in [6, 6.07) is 18.6. The molecule has 2 unspecified atom stereocenters. The van der Waals surface area contributed by atoms with Crippen LogP contribution in [0, 0.1) is 5.82 Å². The van der Waals surface area contributed by atoms with Gasteiger partial charge in [0.05, 0.1) is 12.3 Å². The highest BCUT2D eigenvalue weighted by atomic mass is 19.1. The summed E-state index contributed by atoms with van der Waals surface area (Å²) >= 11 is 0. The Morgan fingerprint density at radius 1 is 1.12 bits per heavy atom. The van der Waals surface area contributed by atoms with Crippen LogP contribution in [-0.2, 0) is 11.2 Å². The van der Waals surface area contributed by atoms with Crippen LogP contribution in [0.25, 0.3) is 22.0 Å². The van der Waals surface area contributed by atoms with Gasteiger partial charge in [-0.25, -0.2) is 14.4 Å². The first kappa shape index (κ1) is 29.5. The van der Waals surface area contributed by atoms with Gasteiger partial charge in [0.15, 0.2) is 11.6 Å². The lowest BCUT2D eigenvalue weighted by Crippen LogP contribution is -2.30. The Hall–Kier alpha value is -4.96. The number of nitrogens with two attached hydrogens (primary N) is 2. The summed E-state index contributed by atoms with van der Waals surface area (Å²) in [6.45, 7) is 3.79. The van der Waals surface area contributed by atoms with Gasteiger partial charge in [-0.3, -0.25) is 4.79 Å². The molecule has 0 fully saturated rings. The Balaban J connectivity index is 1.76. The molecule has 9 nitrogen and oxygen atoms in total. The van der Waals surface area contributed by atoms with Crippen molar-refractivity contribution >= 4 is 28.2 Å². The number of benzene rings is 3. The van der Waals surface area contributed by atoms with Gasteiger partial charge >= 0.3 is 0 Å². The molecule has 5 aromatic rings. The number of aryl methyl sites for hydroxylation is 1. The first-order chi connectivity index (χ1) is 20.8. The lowest BCUT2D eigenvalue weighted by Gasteiger charge is -2.26. The molecule has 0 aliphatic heterocycles. The maximum atomic E-state index is 16.3. The van der Waals surface area contributed by atoms with Crippen molar-refractivity contribution in [2.75, 3.05) is 24.3 Å². The van der Waals surface area contributed by atoms with E-state index in [0.29, 0.717) is 29.4 Å². The van der Waals surface area contributed by atoms with E-state index in [1.807, 2.05) is 61.5 Å². The largest absolute Gasteiger partial charge is 0.491 e. The van der Waals surface area contributed by atoms with Crippen LogP contribution in [0.5, 0.6) is 5.75 Å². The minimum absolute atomic E-state index is 0.0591. The molecule has 10 heteroatoms. The minimum Gasteiger partial charge on any atom is -0.491 e. The topological polar surface area (TPSA) is 141 Å². The highest BCUT2D eigenvalue weighted by molar-refractivity contribution is 5.93. The van der Waals surface area contributed by atoms with Gasteiger partial charge in [-0.1, -0.05) is 43.3 Å². The number of hydrogen-bond acceptors (Lipinski definition) is 7. The average molecular weight is 583 g/mol. The van der Waals surface area contributed by atoms with Gasteiger partial charge in [0.25, 0.3) is 0 Å². The summed E-state index contributed by atoms with van der Waals surface area (Å²) in [6.07, 6.45) is 4.05. The highest BCUT2D eigenvalue weighted by Gasteiger charge is 2.31. The molecule has 5 rings (SSSR count). The van der Waals surface area contributed by atoms with Crippen LogP contribution in [-0.4, -0.2) is 38.8 Å². The van der Waals surface area contributed by atoms with Crippen molar-refractivity contribution in [3.63, 3.8) is 0 Å². The number of carbonyl (C=O) groups excluding carboxylic acids is 1. The summed E-state index contributed by atoms with van der Waals surface area (Å²) < 4.78 is 23.7. The van der Waals surface area contributed by atoms with E-state index >= 15 is 4.39 Å². The van der Waals surface area contributed by atoms with Crippen molar-refractivity contribution in [3.05, 3.63) is 102 Å². The number of ether oxygens (including phenoxy) is 1. The summed E-state index contributed by atoms with van der Waals surface area (Å²) in [5.74, 6) is -0.304. The zero-order valence-electron chi connectivity index (χ0n) is 24.1. The van der Waals surface area contributed by atoms with Gasteiger partial charge in [-0.05, 0) is 54.6 Å². The number of hydrogen-bond donors (Lipinski definition) is 4. The molecule has 222 valence electrons. The van der Waals surface area contributed by atoms with Gasteiger partial charge in [0.2, 0.25) is 5.91 Å². The Bertz CT molecular complexity index is 1740. The number of halogens is 1. The number of nitrogen functional groups attached to an aromatic ring is 1. The quantitative estimate of drug-likeness (QED) is 0.155. The fourth-order valence-electron chi connectivity index (χ4n) is 5.25. The molecule has 1 amide bonds. The number of nitrogens with zero attached hydrogens (tertiary/aromatic N) is 3. The second-order valence-electron chi connectivity index (χ2n) is 10.2. The molecule has 0 saturated carbocycles. The standard InChI is InChI=1S/C33H35FN6O3/c1-3-20-16-25(29(34)28(17-20)43-4-2)30(38-23-10-11-24-22(18-23)12-14-37-31(24)35)33-39-26(21-8-6-5-7-9-21)19-40(33)27(13-15-41)32(36)42/h5-12,14,16-19,27,30,38,41H,3-4,13,15H2,1-2H3,(H2,35,37)(H2,36,42). The highest BCUT2D eigenvalue weighted by Crippen LogP contribution is 2.37. The molecule has 2 heterocycles. The molecular formula is C33H35FN6O3. The number of fused-ring (bicyclic) bond motifs is 1. The Morgan fingerprint density at radius 3 is 2.60 bits per heavy atom. The number of anilines is 2. The van der Waals surface area contributed by atoms with E-state index in [1.165, 1.54) is 0 Å². The zero-order valence-corrected chi connectivity index (χ0v) is 24.1. The minimum atomic E-state index is -0.930. The first-order valence-electron chi connectivity index (χ1n) is 14.2. The van der Waals surface area contributed by atoms with Crippen molar-refractivity contribution in [3.8, 4) is 17.0 Å². The molecule has 43 heavy (non-hydrogen) atoms. The molecule has 0 aliphatic rings. The number of primary amides is 1. The zero-order chi connectivity index (χ0) is 30.5. The van der Waals surface area contributed by atoms with Gasteiger partial charge in [-0.2, -0.15) is 0 Å². The van der Waals surface area contributed by atoms with Crippen LogP contribution < -0.4 is 21.5 Å². The number of aromatic nitrogens is 3. The van der Waals surface area contributed by atoms with Crippen molar-refractivity contribution in [1.29, 1.82) is 0 Å². The third-order valence-electron chi connectivity index (χ3n) is 7.41. The van der Waals surface area contributed by atoms with Crippen molar-refractivity contribution in [2.45, 2.75) is 38.8 Å². The van der Waals surface area contributed by atoms with E-state index in [9.17, 15) is 9.90 Å². The number of nitrogens with one attached hydrogen (secondary N) is 1. The third-order valence-corrected chi connectivity index (χ3v) is 7.41. The monoisotopic (exact) mass is 582 g/mol. The van der Waals surface area contributed by atoms with Crippen LogP contribution in [0.4, 0.5) is 15.9 Å². The maximum Gasteiger partial charge on any atom is 0.240 e. The Labute approximate surface area is 249 Å². The summed E-state index contributed by atoms with van der Waals surface area (Å²) in [5, 5.41) is 14.9. The average Bonchev–Trinajstić information content (AvgIpc) is 3.45. The molecule has 0 bridgehead atoms. The second kappa shape index (κ2) is 12.9. The van der Waals surface area contributed by atoms with Gasteiger partial charge in [-0.15, -0.1) is 0 Å². The molecule has 3 aromatic carbocycles. The number of amides is 1. The first-order valence-corrected chi connectivity index (χ1v) is 14.2. The van der Waals surface area contributed by atoms with Crippen LogP contribution in [0.3, 0.4) is 0 Å². The number of rotatable bonds is 12. The van der Waals surface area contributed by atoms with E-state index < -0.39 is 23.8 Å². The molecular weight excluding hydrogens is 547 g/mol. The van der Waals surface area contributed by atoms with E-state index in [0.717, 1.165) is 21.9 Å². The predicted molar refractivity (Wildman–Crippen MR) is 166 cm³/mol. The summed E-state index contributed by atoms with van der Waals surface area (Å²) in [7, 11) is 0.